The molecule has 35 heavy (non-hydrogen) atoms. The van der Waals surface area contributed by atoms with Crippen LogP contribution in [-0.4, -0.2) is 52.7 Å². The zero-order valence-electron chi connectivity index (χ0n) is 20.6. The van der Waals surface area contributed by atoms with Crippen LogP contribution >= 0.6 is 11.3 Å². The number of nitrogens with zero attached hydrogens (tertiary/aromatic N) is 6. The quantitative estimate of drug-likeness (QED) is 0.473. The maximum atomic E-state index is 13.6. The number of aromatic nitrogens is 3. The number of halogens is 1. The zero-order chi connectivity index (χ0) is 25.1. The van der Waals surface area contributed by atoms with Crippen molar-refractivity contribution in [3.05, 3.63) is 54.1 Å². The fourth-order valence-electron chi connectivity index (χ4n) is 4.28. The molecule has 1 saturated heterocycles. The Hall–Kier alpha value is -3.35. The number of hydrogen-bond donors (Lipinski definition) is 1. The number of nitrogens with two attached hydrogens (primary N) is 1. The Morgan fingerprint density at radius 1 is 1.37 bits per heavy atom. The standard InChI is InChI=1S/C26H32FN7S/c1-6-8-14-34-24(25(31(4)7-2)30-26(34)33-13-9-10-20(28)16-33)18(3)32(5)17-23-29-21-15-19(27)11-12-22(21)35-23/h7,11-12,15,20H,2-3,9-10,13-14,16-17,28H2,1,4-5H3. The van der Waals surface area contributed by atoms with Gasteiger partial charge in [-0.1, -0.05) is 19.1 Å². The first-order valence-electron chi connectivity index (χ1n) is 11.6. The van der Waals surface area contributed by atoms with E-state index in [2.05, 4.69) is 39.4 Å². The molecule has 1 aliphatic rings. The number of imidazole rings is 1. The van der Waals surface area contributed by atoms with Gasteiger partial charge in [0.1, 0.15) is 16.5 Å². The van der Waals surface area contributed by atoms with Crippen LogP contribution in [0.15, 0.2) is 37.6 Å². The Balaban J connectivity index is 1.72. The van der Waals surface area contributed by atoms with E-state index in [0.29, 0.717) is 18.6 Å². The first-order valence-corrected chi connectivity index (χ1v) is 12.5. The number of benzene rings is 1. The van der Waals surface area contributed by atoms with Crippen molar-refractivity contribution >= 4 is 39.0 Å². The first-order chi connectivity index (χ1) is 16.8. The molecule has 0 radical (unpaired) electrons. The third kappa shape index (κ3) is 5.19. The summed E-state index contributed by atoms with van der Waals surface area (Å²) in [6.07, 6.45) is 3.77. The molecule has 3 heterocycles. The van der Waals surface area contributed by atoms with Crippen molar-refractivity contribution in [2.45, 2.75) is 38.9 Å². The molecule has 0 spiro atoms. The van der Waals surface area contributed by atoms with Gasteiger partial charge in [-0.05, 0) is 38.1 Å². The van der Waals surface area contributed by atoms with Gasteiger partial charge < -0.3 is 20.4 Å². The predicted molar refractivity (Wildman–Crippen MR) is 144 cm³/mol. The van der Waals surface area contributed by atoms with E-state index in [1.807, 2.05) is 30.8 Å². The minimum Gasteiger partial charge on any atom is -0.367 e. The predicted octanol–water partition coefficient (Wildman–Crippen LogP) is 4.27. The Morgan fingerprint density at radius 3 is 2.89 bits per heavy atom. The van der Waals surface area contributed by atoms with Gasteiger partial charge in [0.2, 0.25) is 5.95 Å². The van der Waals surface area contributed by atoms with E-state index in [4.69, 9.17) is 10.7 Å². The Labute approximate surface area is 210 Å². The summed E-state index contributed by atoms with van der Waals surface area (Å²) in [5.41, 5.74) is 8.62. The molecule has 9 heteroatoms. The fourth-order valence-corrected chi connectivity index (χ4v) is 5.28. The van der Waals surface area contributed by atoms with Crippen molar-refractivity contribution in [3.63, 3.8) is 0 Å². The third-order valence-electron chi connectivity index (χ3n) is 6.19. The molecule has 7 nitrogen and oxygen atoms in total. The minimum atomic E-state index is -0.282. The molecular weight excluding hydrogens is 461 g/mol. The lowest BCUT2D eigenvalue weighted by molar-refractivity contribution is 0.469. The normalized spacial score (nSPS) is 15.6. The van der Waals surface area contributed by atoms with Crippen molar-refractivity contribution in [1.82, 2.24) is 19.4 Å². The van der Waals surface area contributed by atoms with Gasteiger partial charge in [0.25, 0.3) is 0 Å². The van der Waals surface area contributed by atoms with Gasteiger partial charge in [-0.3, -0.25) is 4.57 Å². The third-order valence-corrected chi connectivity index (χ3v) is 7.21. The molecule has 3 aromatic rings. The SMILES string of the molecule is C=CN(C)c1nc(N2CCCC(N)C2)n(CC#CC)c1C(=C)N(C)Cc1nc2cc(F)ccc2s1. The van der Waals surface area contributed by atoms with Crippen LogP contribution in [0.2, 0.25) is 0 Å². The van der Waals surface area contributed by atoms with Gasteiger partial charge in [-0.15, -0.1) is 17.3 Å². The minimum absolute atomic E-state index is 0.116. The van der Waals surface area contributed by atoms with Crippen LogP contribution in [0.1, 0.15) is 30.5 Å². The maximum Gasteiger partial charge on any atom is 0.209 e. The lowest BCUT2D eigenvalue weighted by Gasteiger charge is -2.32. The highest BCUT2D eigenvalue weighted by atomic mass is 32.1. The van der Waals surface area contributed by atoms with E-state index in [1.165, 1.54) is 12.1 Å². The van der Waals surface area contributed by atoms with Crippen LogP contribution in [-0.2, 0) is 13.1 Å². The van der Waals surface area contributed by atoms with Gasteiger partial charge >= 0.3 is 0 Å². The van der Waals surface area contributed by atoms with Crippen LogP contribution in [0, 0.1) is 17.7 Å². The first kappa shape index (κ1) is 24.8. The van der Waals surface area contributed by atoms with Crippen molar-refractivity contribution < 1.29 is 4.39 Å². The molecule has 1 unspecified atom stereocenters. The topological polar surface area (TPSA) is 66.5 Å². The van der Waals surface area contributed by atoms with Crippen molar-refractivity contribution in [3.8, 4) is 11.8 Å². The second kappa shape index (κ2) is 10.5. The summed E-state index contributed by atoms with van der Waals surface area (Å²) in [7, 11) is 3.90. The number of rotatable bonds is 8. The molecule has 0 amide bonds. The smallest absolute Gasteiger partial charge is 0.209 e. The lowest BCUT2D eigenvalue weighted by atomic mass is 10.1. The van der Waals surface area contributed by atoms with Gasteiger partial charge in [-0.25, -0.2) is 9.37 Å². The molecule has 1 fully saturated rings. The van der Waals surface area contributed by atoms with Gasteiger partial charge in [0.15, 0.2) is 5.82 Å². The number of fused-ring (bicyclic) bond motifs is 1. The van der Waals surface area contributed by atoms with E-state index in [9.17, 15) is 4.39 Å². The van der Waals surface area contributed by atoms with Crippen molar-refractivity contribution in [2.75, 3.05) is 37.0 Å². The average molecular weight is 494 g/mol. The summed E-state index contributed by atoms with van der Waals surface area (Å²) in [5.74, 6) is 7.52. The monoisotopic (exact) mass is 493 g/mol. The van der Waals surface area contributed by atoms with Gasteiger partial charge in [0, 0.05) is 39.3 Å². The van der Waals surface area contributed by atoms with E-state index in [0.717, 1.165) is 58.8 Å². The molecule has 1 atom stereocenters. The van der Waals surface area contributed by atoms with Crippen LogP contribution in [0.3, 0.4) is 0 Å². The maximum absolute atomic E-state index is 13.6. The molecule has 4 rings (SSSR count). The van der Waals surface area contributed by atoms with Crippen LogP contribution < -0.4 is 15.5 Å². The molecule has 184 valence electrons. The lowest BCUT2D eigenvalue weighted by Crippen LogP contribution is -2.44. The second-order valence-corrected chi connectivity index (χ2v) is 9.88. The number of anilines is 2. The molecule has 0 bridgehead atoms. The molecule has 1 aliphatic heterocycles. The van der Waals surface area contributed by atoms with Crippen LogP contribution in [0.4, 0.5) is 16.2 Å². The largest absolute Gasteiger partial charge is 0.367 e. The van der Waals surface area contributed by atoms with E-state index in [-0.39, 0.29) is 11.9 Å². The van der Waals surface area contributed by atoms with E-state index < -0.39 is 0 Å². The van der Waals surface area contributed by atoms with Gasteiger partial charge in [-0.2, -0.15) is 4.98 Å². The summed E-state index contributed by atoms with van der Waals surface area (Å²) in [4.78, 5) is 15.8. The molecular formula is C26H32FN7S. The van der Waals surface area contributed by atoms with Gasteiger partial charge in [0.05, 0.1) is 29.0 Å². The van der Waals surface area contributed by atoms with E-state index in [1.54, 1.807) is 23.6 Å². The number of thiazole rings is 1. The molecule has 1 aromatic carbocycles. The second-order valence-electron chi connectivity index (χ2n) is 8.76. The highest BCUT2D eigenvalue weighted by molar-refractivity contribution is 7.18. The summed E-state index contributed by atoms with van der Waals surface area (Å²) < 4.78 is 16.7. The summed E-state index contributed by atoms with van der Waals surface area (Å²) in [6, 6.07) is 4.82. The van der Waals surface area contributed by atoms with Crippen molar-refractivity contribution in [2.24, 2.45) is 5.73 Å². The Morgan fingerprint density at radius 2 is 2.17 bits per heavy atom. The average Bonchev–Trinajstić information content (AvgIpc) is 3.42. The molecule has 2 N–H and O–H groups in total. The Bertz CT molecular complexity index is 1300. The summed E-state index contributed by atoms with van der Waals surface area (Å²) in [5, 5.41) is 0.884. The van der Waals surface area contributed by atoms with Crippen molar-refractivity contribution in [1.29, 1.82) is 0 Å². The van der Waals surface area contributed by atoms with Crippen LogP contribution in [0.5, 0.6) is 0 Å². The highest BCUT2D eigenvalue weighted by Gasteiger charge is 2.28. The number of piperidine rings is 1. The molecule has 2 aromatic heterocycles. The highest BCUT2D eigenvalue weighted by Crippen LogP contribution is 2.34. The molecule has 0 aliphatic carbocycles. The fraction of sp³-hybridized carbons (Fsp3) is 0.385. The Kier molecular flexibility index (Phi) is 7.43. The number of hydrogen-bond acceptors (Lipinski definition) is 7. The summed E-state index contributed by atoms with van der Waals surface area (Å²) in [6.45, 7) is 12.9. The van der Waals surface area contributed by atoms with E-state index >= 15 is 0 Å². The summed E-state index contributed by atoms with van der Waals surface area (Å²) >= 11 is 1.55. The van der Waals surface area contributed by atoms with Crippen LogP contribution in [0.25, 0.3) is 15.9 Å². The molecule has 0 saturated carbocycles. The zero-order valence-corrected chi connectivity index (χ0v) is 21.4.